The van der Waals surface area contributed by atoms with E-state index in [0.29, 0.717) is 41.5 Å². The highest BCUT2D eigenvalue weighted by Crippen LogP contribution is 2.28. The minimum absolute atomic E-state index is 0.00938. The molecule has 32 heavy (non-hydrogen) atoms. The first-order valence-corrected chi connectivity index (χ1v) is 10.6. The van der Waals surface area contributed by atoms with Gasteiger partial charge in [0.05, 0.1) is 13.0 Å². The van der Waals surface area contributed by atoms with Gasteiger partial charge in [-0.15, -0.1) is 0 Å². The molecule has 8 heteroatoms. The molecular weight excluding hydrogens is 434 g/mol. The van der Waals surface area contributed by atoms with Crippen molar-refractivity contribution in [1.82, 2.24) is 5.16 Å². The first kappa shape index (κ1) is 23.3. The van der Waals surface area contributed by atoms with Crippen LogP contribution in [0.3, 0.4) is 0 Å². The SMILES string of the molecule is CC(OC(=O)Cc1conc1-c1ccc(OCCCCC(=O)O)cc1)c1ccccc1Cl. The van der Waals surface area contributed by atoms with Crippen molar-refractivity contribution in [2.45, 2.75) is 38.7 Å². The van der Waals surface area contributed by atoms with Gasteiger partial charge in [0.25, 0.3) is 0 Å². The van der Waals surface area contributed by atoms with E-state index in [0.717, 1.165) is 11.1 Å². The number of hydrogen-bond donors (Lipinski definition) is 1. The van der Waals surface area contributed by atoms with Gasteiger partial charge in [0, 0.05) is 28.1 Å². The minimum atomic E-state index is -0.806. The molecule has 0 saturated heterocycles. The van der Waals surface area contributed by atoms with Gasteiger partial charge in [-0.05, 0) is 50.1 Å². The van der Waals surface area contributed by atoms with E-state index >= 15 is 0 Å². The second-order valence-corrected chi connectivity index (χ2v) is 7.65. The number of nitrogens with zero attached hydrogens (tertiary/aromatic N) is 1. The van der Waals surface area contributed by atoms with E-state index in [4.69, 9.17) is 30.7 Å². The molecule has 1 N–H and O–H groups in total. The first-order valence-electron chi connectivity index (χ1n) is 10.3. The largest absolute Gasteiger partial charge is 0.494 e. The van der Waals surface area contributed by atoms with E-state index in [1.165, 1.54) is 6.26 Å². The van der Waals surface area contributed by atoms with Gasteiger partial charge in [-0.2, -0.15) is 0 Å². The Balaban J connectivity index is 1.56. The minimum Gasteiger partial charge on any atom is -0.494 e. The van der Waals surface area contributed by atoms with Crippen molar-refractivity contribution in [2.24, 2.45) is 0 Å². The summed E-state index contributed by atoms with van der Waals surface area (Å²) in [6.45, 7) is 2.21. The van der Waals surface area contributed by atoms with Crippen LogP contribution in [0, 0.1) is 0 Å². The smallest absolute Gasteiger partial charge is 0.311 e. The van der Waals surface area contributed by atoms with Gasteiger partial charge in [-0.3, -0.25) is 9.59 Å². The average Bonchev–Trinajstić information content (AvgIpc) is 3.21. The molecule has 168 valence electrons. The van der Waals surface area contributed by atoms with Gasteiger partial charge >= 0.3 is 11.9 Å². The predicted molar refractivity (Wildman–Crippen MR) is 119 cm³/mol. The van der Waals surface area contributed by atoms with Crippen LogP contribution in [-0.4, -0.2) is 28.8 Å². The molecule has 0 amide bonds. The summed E-state index contributed by atoms with van der Waals surface area (Å²) < 4.78 is 16.3. The van der Waals surface area contributed by atoms with Crippen LogP contribution in [0.5, 0.6) is 5.75 Å². The molecule has 1 heterocycles. The van der Waals surface area contributed by atoms with E-state index in [-0.39, 0.29) is 12.8 Å². The van der Waals surface area contributed by atoms with Gasteiger partial charge < -0.3 is 19.1 Å². The van der Waals surface area contributed by atoms with Gasteiger partial charge in [0.15, 0.2) is 0 Å². The third-order valence-corrected chi connectivity index (χ3v) is 5.15. The molecule has 7 nitrogen and oxygen atoms in total. The maximum absolute atomic E-state index is 12.5. The third-order valence-electron chi connectivity index (χ3n) is 4.81. The summed E-state index contributed by atoms with van der Waals surface area (Å²) >= 11 is 6.17. The lowest BCUT2D eigenvalue weighted by atomic mass is 10.1. The topological polar surface area (TPSA) is 98.9 Å². The maximum atomic E-state index is 12.5. The number of benzene rings is 2. The number of halogens is 1. The highest BCUT2D eigenvalue weighted by Gasteiger charge is 2.18. The number of aromatic nitrogens is 1. The lowest BCUT2D eigenvalue weighted by molar-refractivity contribution is -0.147. The molecule has 3 rings (SSSR count). The molecule has 0 spiro atoms. The van der Waals surface area contributed by atoms with E-state index in [1.807, 2.05) is 30.3 Å². The van der Waals surface area contributed by atoms with E-state index in [2.05, 4.69) is 5.16 Å². The van der Waals surface area contributed by atoms with Crippen molar-refractivity contribution < 1.29 is 28.7 Å². The Kier molecular flexibility index (Phi) is 8.27. The van der Waals surface area contributed by atoms with Gasteiger partial charge in [0.1, 0.15) is 23.8 Å². The van der Waals surface area contributed by atoms with Crippen molar-refractivity contribution in [3.63, 3.8) is 0 Å². The van der Waals surface area contributed by atoms with Gasteiger partial charge in [0.2, 0.25) is 0 Å². The zero-order valence-corrected chi connectivity index (χ0v) is 18.4. The zero-order chi connectivity index (χ0) is 22.9. The number of rotatable bonds is 11. The summed E-state index contributed by atoms with van der Waals surface area (Å²) in [5.74, 6) is -0.551. The van der Waals surface area contributed by atoms with Crippen molar-refractivity contribution in [3.05, 3.63) is 70.9 Å². The molecule has 0 fully saturated rings. The lowest BCUT2D eigenvalue weighted by Crippen LogP contribution is -2.12. The average molecular weight is 458 g/mol. The number of esters is 1. The van der Waals surface area contributed by atoms with Crippen molar-refractivity contribution >= 4 is 23.5 Å². The molecular formula is C24H24ClNO6. The van der Waals surface area contributed by atoms with Gasteiger partial charge in [-0.1, -0.05) is 35.0 Å². The van der Waals surface area contributed by atoms with Crippen LogP contribution in [0.4, 0.5) is 0 Å². The Morgan fingerprint density at radius 2 is 1.88 bits per heavy atom. The Bertz CT molecular complexity index is 1050. The van der Waals surface area contributed by atoms with Crippen LogP contribution in [-0.2, 0) is 20.7 Å². The Morgan fingerprint density at radius 3 is 2.59 bits per heavy atom. The molecule has 0 radical (unpaired) electrons. The number of carbonyl (C=O) groups excluding carboxylic acids is 1. The normalized spacial score (nSPS) is 11.7. The summed E-state index contributed by atoms with van der Waals surface area (Å²) in [4.78, 5) is 23.0. The molecule has 2 aromatic carbocycles. The van der Waals surface area contributed by atoms with Crippen LogP contribution >= 0.6 is 11.6 Å². The molecule has 1 atom stereocenters. The fourth-order valence-electron chi connectivity index (χ4n) is 3.16. The number of hydrogen-bond acceptors (Lipinski definition) is 6. The second-order valence-electron chi connectivity index (χ2n) is 7.24. The first-order chi connectivity index (χ1) is 15.4. The molecule has 0 bridgehead atoms. The zero-order valence-electron chi connectivity index (χ0n) is 17.6. The highest BCUT2D eigenvalue weighted by molar-refractivity contribution is 6.31. The van der Waals surface area contributed by atoms with Crippen LogP contribution in [0.2, 0.25) is 5.02 Å². The second kappa shape index (κ2) is 11.3. The summed E-state index contributed by atoms with van der Waals surface area (Å²) in [7, 11) is 0. The number of carbonyl (C=O) groups is 2. The van der Waals surface area contributed by atoms with Crippen LogP contribution in [0.25, 0.3) is 11.3 Å². The fraction of sp³-hybridized carbons (Fsp3) is 0.292. The Morgan fingerprint density at radius 1 is 1.12 bits per heavy atom. The molecule has 3 aromatic rings. The predicted octanol–water partition coefficient (Wildman–Crippen LogP) is 5.48. The standard InChI is InChI=1S/C24H24ClNO6/c1-16(20-6-2-3-7-21(20)25)32-23(29)14-18-15-31-26-24(18)17-9-11-19(12-10-17)30-13-5-4-8-22(27)28/h2-3,6-7,9-12,15-16H,4-5,8,13-14H2,1H3,(H,27,28). The van der Waals surface area contributed by atoms with Crippen molar-refractivity contribution in [2.75, 3.05) is 6.61 Å². The lowest BCUT2D eigenvalue weighted by Gasteiger charge is -2.14. The Hall–Kier alpha value is -3.32. The molecule has 0 saturated carbocycles. The van der Waals surface area contributed by atoms with E-state index < -0.39 is 18.0 Å². The van der Waals surface area contributed by atoms with Crippen LogP contribution in [0.1, 0.15) is 43.4 Å². The Labute approximate surface area is 190 Å². The maximum Gasteiger partial charge on any atom is 0.311 e. The molecule has 0 aliphatic rings. The van der Waals surface area contributed by atoms with E-state index in [9.17, 15) is 9.59 Å². The summed E-state index contributed by atoms with van der Waals surface area (Å²) in [5.41, 5.74) is 2.69. The van der Waals surface area contributed by atoms with Crippen LogP contribution < -0.4 is 4.74 Å². The molecule has 1 unspecified atom stereocenters. The van der Waals surface area contributed by atoms with Crippen molar-refractivity contribution in [1.29, 1.82) is 0 Å². The number of unbranched alkanes of at least 4 members (excludes halogenated alkanes) is 1. The monoisotopic (exact) mass is 457 g/mol. The van der Waals surface area contributed by atoms with Gasteiger partial charge in [-0.25, -0.2) is 0 Å². The number of carboxylic acid groups (broad SMARTS) is 1. The quantitative estimate of drug-likeness (QED) is 0.301. The summed E-state index contributed by atoms with van der Waals surface area (Å²) in [5, 5.41) is 13.2. The number of carboxylic acids is 1. The highest BCUT2D eigenvalue weighted by atomic mass is 35.5. The number of ether oxygens (including phenoxy) is 2. The van der Waals surface area contributed by atoms with E-state index in [1.54, 1.807) is 25.1 Å². The molecule has 0 aliphatic carbocycles. The third kappa shape index (κ3) is 6.59. The fourth-order valence-corrected chi connectivity index (χ4v) is 3.45. The molecule has 0 aliphatic heterocycles. The molecule has 1 aromatic heterocycles. The number of aliphatic carboxylic acids is 1. The summed E-state index contributed by atoms with van der Waals surface area (Å²) in [6.07, 6.45) is 2.33. The van der Waals surface area contributed by atoms with Crippen LogP contribution in [0.15, 0.2) is 59.3 Å². The summed E-state index contributed by atoms with van der Waals surface area (Å²) in [6, 6.07) is 14.5. The van der Waals surface area contributed by atoms with Crippen molar-refractivity contribution in [3.8, 4) is 17.0 Å².